The van der Waals surface area contributed by atoms with Gasteiger partial charge in [0.1, 0.15) is 0 Å². The average molecular weight is 229 g/mol. The van der Waals surface area contributed by atoms with E-state index in [4.69, 9.17) is 0 Å². The summed E-state index contributed by atoms with van der Waals surface area (Å²) in [5.74, 6) is -0.129. The lowest BCUT2D eigenvalue weighted by Crippen LogP contribution is -2.34. The molecule has 0 spiro atoms. The van der Waals surface area contributed by atoms with Crippen LogP contribution in [-0.4, -0.2) is 11.8 Å². The van der Waals surface area contributed by atoms with Crippen LogP contribution in [0.3, 0.4) is 0 Å². The topological polar surface area (TPSA) is 37.4 Å². The standard InChI is InChI=1S/C14H15NO2/c1-8-4-9(2)6-10(5-8)15-12(16)11-7-14(11,3)13(15)17/h4-6,11H,7H2,1-3H3/t11-,14-/m0/s1. The maximum atomic E-state index is 12.2. The van der Waals surface area contributed by atoms with Crippen LogP contribution in [0.15, 0.2) is 18.2 Å². The Morgan fingerprint density at radius 3 is 2.24 bits per heavy atom. The minimum atomic E-state index is -0.408. The summed E-state index contributed by atoms with van der Waals surface area (Å²) in [7, 11) is 0. The van der Waals surface area contributed by atoms with Crippen molar-refractivity contribution in [3.63, 3.8) is 0 Å². The van der Waals surface area contributed by atoms with Gasteiger partial charge in [-0.1, -0.05) is 6.07 Å². The van der Waals surface area contributed by atoms with E-state index in [9.17, 15) is 9.59 Å². The molecule has 1 saturated heterocycles. The van der Waals surface area contributed by atoms with Crippen molar-refractivity contribution >= 4 is 17.5 Å². The average Bonchev–Trinajstić information content (AvgIpc) is 2.86. The molecule has 3 rings (SSSR count). The molecule has 2 aliphatic rings. The molecule has 1 aliphatic carbocycles. The predicted molar refractivity (Wildman–Crippen MR) is 64.6 cm³/mol. The summed E-state index contributed by atoms with van der Waals surface area (Å²) in [6.07, 6.45) is 0.728. The zero-order valence-corrected chi connectivity index (χ0v) is 10.3. The van der Waals surface area contributed by atoms with E-state index in [1.807, 2.05) is 39.0 Å². The number of aryl methyl sites for hydroxylation is 2. The number of hydrogen-bond donors (Lipinski definition) is 0. The van der Waals surface area contributed by atoms with Gasteiger partial charge in [-0.15, -0.1) is 0 Å². The first-order valence-corrected chi connectivity index (χ1v) is 5.90. The predicted octanol–water partition coefficient (Wildman–Crippen LogP) is 2.20. The highest BCUT2D eigenvalue weighted by Gasteiger charge is 2.68. The Kier molecular flexibility index (Phi) is 1.84. The van der Waals surface area contributed by atoms with Gasteiger partial charge in [-0.3, -0.25) is 9.59 Å². The van der Waals surface area contributed by atoms with Crippen LogP contribution in [0.1, 0.15) is 24.5 Å². The molecule has 1 saturated carbocycles. The van der Waals surface area contributed by atoms with Gasteiger partial charge < -0.3 is 0 Å². The zero-order chi connectivity index (χ0) is 12.4. The summed E-state index contributed by atoms with van der Waals surface area (Å²) in [5.41, 5.74) is 2.47. The van der Waals surface area contributed by atoms with Gasteiger partial charge in [-0.2, -0.15) is 0 Å². The Bertz CT molecular complexity index is 529. The van der Waals surface area contributed by atoms with Crippen molar-refractivity contribution in [1.29, 1.82) is 0 Å². The molecule has 2 atom stereocenters. The van der Waals surface area contributed by atoms with Gasteiger partial charge in [0.2, 0.25) is 11.8 Å². The highest BCUT2D eigenvalue weighted by atomic mass is 16.2. The van der Waals surface area contributed by atoms with Crippen molar-refractivity contribution in [3.8, 4) is 0 Å². The second kappa shape index (κ2) is 2.97. The quantitative estimate of drug-likeness (QED) is 0.692. The molecule has 0 N–H and O–H groups in total. The zero-order valence-electron chi connectivity index (χ0n) is 10.3. The number of hydrogen-bond acceptors (Lipinski definition) is 2. The maximum absolute atomic E-state index is 12.2. The lowest BCUT2D eigenvalue weighted by atomic mass is 10.1. The SMILES string of the molecule is Cc1cc(C)cc(N2C(=O)[C@@H]3C[C@]3(C)C2=O)c1. The smallest absolute Gasteiger partial charge is 0.240 e. The molecule has 2 fully saturated rings. The summed E-state index contributed by atoms with van der Waals surface area (Å²) in [6, 6.07) is 5.84. The van der Waals surface area contributed by atoms with E-state index in [1.54, 1.807) is 0 Å². The molecule has 0 unspecified atom stereocenters. The Morgan fingerprint density at radius 1 is 1.18 bits per heavy atom. The fraction of sp³-hybridized carbons (Fsp3) is 0.429. The number of rotatable bonds is 1. The number of carbonyl (C=O) groups is 2. The van der Waals surface area contributed by atoms with E-state index < -0.39 is 5.41 Å². The molecular formula is C14H15NO2. The summed E-state index contributed by atoms with van der Waals surface area (Å²) in [5, 5.41) is 0. The third-order valence-corrected chi connectivity index (χ3v) is 3.91. The summed E-state index contributed by atoms with van der Waals surface area (Å²) in [6.45, 7) is 5.84. The number of carbonyl (C=O) groups excluding carboxylic acids is 2. The highest BCUT2D eigenvalue weighted by Crippen LogP contribution is 2.59. The van der Waals surface area contributed by atoms with Crippen LogP contribution in [-0.2, 0) is 9.59 Å². The molecule has 3 nitrogen and oxygen atoms in total. The molecule has 1 aromatic carbocycles. The van der Waals surface area contributed by atoms with Gasteiger partial charge in [-0.25, -0.2) is 4.90 Å². The van der Waals surface area contributed by atoms with E-state index in [-0.39, 0.29) is 17.7 Å². The molecule has 17 heavy (non-hydrogen) atoms. The van der Waals surface area contributed by atoms with Crippen LogP contribution in [0.5, 0.6) is 0 Å². The number of amides is 2. The molecule has 88 valence electrons. The minimum absolute atomic E-state index is 0.0255. The van der Waals surface area contributed by atoms with Gasteiger partial charge >= 0.3 is 0 Å². The summed E-state index contributed by atoms with van der Waals surface area (Å²) < 4.78 is 0. The van der Waals surface area contributed by atoms with Crippen LogP contribution in [0, 0.1) is 25.2 Å². The number of benzene rings is 1. The van der Waals surface area contributed by atoms with Crippen LogP contribution >= 0.6 is 0 Å². The number of nitrogens with zero attached hydrogens (tertiary/aromatic N) is 1. The second-order valence-corrected chi connectivity index (χ2v) is 5.50. The van der Waals surface area contributed by atoms with Crippen molar-refractivity contribution in [2.75, 3.05) is 4.90 Å². The summed E-state index contributed by atoms with van der Waals surface area (Å²) >= 11 is 0. The van der Waals surface area contributed by atoms with Gasteiger partial charge in [-0.05, 0) is 50.5 Å². The van der Waals surface area contributed by atoms with Gasteiger partial charge in [0, 0.05) is 0 Å². The largest absolute Gasteiger partial charge is 0.274 e. The van der Waals surface area contributed by atoms with E-state index in [0.717, 1.165) is 23.2 Å². The molecule has 1 heterocycles. The van der Waals surface area contributed by atoms with E-state index in [1.165, 1.54) is 4.90 Å². The molecule has 2 amide bonds. The minimum Gasteiger partial charge on any atom is -0.274 e. The summed E-state index contributed by atoms with van der Waals surface area (Å²) in [4.78, 5) is 25.7. The normalized spacial score (nSPS) is 30.8. The number of imide groups is 1. The van der Waals surface area contributed by atoms with Crippen LogP contribution in [0.4, 0.5) is 5.69 Å². The third kappa shape index (κ3) is 1.28. The third-order valence-electron chi connectivity index (χ3n) is 3.91. The van der Waals surface area contributed by atoms with Crippen molar-refractivity contribution in [2.45, 2.75) is 27.2 Å². The molecule has 0 radical (unpaired) electrons. The molecule has 0 bridgehead atoms. The molecule has 3 heteroatoms. The van der Waals surface area contributed by atoms with Crippen LogP contribution < -0.4 is 4.90 Å². The Hall–Kier alpha value is -1.64. The van der Waals surface area contributed by atoms with Crippen molar-refractivity contribution in [3.05, 3.63) is 29.3 Å². The number of anilines is 1. The first-order chi connectivity index (χ1) is 7.93. The monoisotopic (exact) mass is 229 g/mol. The molecule has 1 aromatic rings. The molecule has 0 aromatic heterocycles. The van der Waals surface area contributed by atoms with Gasteiger partial charge in [0.25, 0.3) is 0 Å². The fourth-order valence-electron chi connectivity index (χ4n) is 2.80. The lowest BCUT2D eigenvalue weighted by Gasteiger charge is -2.19. The first-order valence-electron chi connectivity index (χ1n) is 5.90. The Balaban J connectivity index is 2.06. The number of piperidine rings is 1. The van der Waals surface area contributed by atoms with Gasteiger partial charge in [0.15, 0.2) is 0 Å². The maximum Gasteiger partial charge on any atom is 0.240 e. The van der Waals surface area contributed by atoms with Gasteiger partial charge in [0.05, 0.1) is 17.0 Å². The van der Waals surface area contributed by atoms with E-state index in [2.05, 4.69) is 0 Å². The van der Waals surface area contributed by atoms with E-state index in [0.29, 0.717) is 0 Å². The second-order valence-electron chi connectivity index (χ2n) is 5.50. The lowest BCUT2D eigenvalue weighted by molar-refractivity contribution is -0.124. The highest BCUT2D eigenvalue weighted by molar-refractivity contribution is 6.26. The molecule has 1 aliphatic heterocycles. The van der Waals surface area contributed by atoms with E-state index >= 15 is 0 Å². The Morgan fingerprint density at radius 2 is 1.76 bits per heavy atom. The van der Waals surface area contributed by atoms with Crippen molar-refractivity contribution in [1.82, 2.24) is 0 Å². The van der Waals surface area contributed by atoms with Crippen LogP contribution in [0.25, 0.3) is 0 Å². The fourth-order valence-corrected chi connectivity index (χ4v) is 2.80. The first kappa shape index (κ1) is 10.5. The van der Waals surface area contributed by atoms with Crippen molar-refractivity contribution < 1.29 is 9.59 Å². The van der Waals surface area contributed by atoms with Crippen molar-refractivity contribution in [2.24, 2.45) is 11.3 Å². The van der Waals surface area contributed by atoms with Crippen LogP contribution in [0.2, 0.25) is 0 Å². The number of fused-ring (bicyclic) bond motifs is 1. The molecular weight excluding hydrogens is 214 g/mol. The Labute approximate surface area is 100 Å².